The number of hydrogen-bond acceptors (Lipinski definition) is 6. The van der Waals surface area contributed by atoms with Gasteiger partial charge in [-0.2, -0.15) is 17.5 Å². The van der Waals surface area contributed by atoms with Crippen molar-refractivity contribution in [1.29, 1.82) is 0 Å². The van der Waals surface area contributed by atoms with Crippen molar-refractivity contribution < 1.29 is 41.0 Å². The summed E-state index contributed by atoms with van der Waals surface area (Å²) in [6.07, 6.45) is -3.27. The number of nitrogens with zero attached hydrogens (tertiary/aromatic N) is 2. The van der Waals surface area contributed by atoms with Gasteiger partial charge in [-0.25, -0.2) is 13.2 Å². The largest absolute Gasteiger partial charge is 0.490 e. The number of aromatic nitrogens is 1. The third kappa shape index (κ3) is 6.81. The van der Waals surface area contributed by atoms with E-state index in [2.05, 4.69) is 4.98 Å². The highest BCUT2D eigenvalue weighted by molar-refractivity contribution is 7.89. The molecule has 0 saturated carbocycles. The van der Waals surface area contributed by atoms with Gasteiger partial charge in [0.05, 0.1) is 22.8 Å². The number of pyridine rings is 1. The maximum atomic E-state index is 12.9. The topological polar surface area (TPSA) is 106 Å². The first-order chi connectivity index (χ1) is 16.8. The first kappa shape index (κ1) is 28.0. The van der Waals surface area contributed by atoms with Crippen LogP contribution in [-0.4, -0.2) is 66.9 Å². The number of aliphatic carboxylic acids is 1. The second kappa shape index (κ2) is 11.2. The van der Waals surface area contributed by atoms with Crippen LogP contribution in [0.4, 0.5) is 13.2 Å². The summed E-state index contributed by atoms with van der Waals surface area (Å²) < 4.78 is 70.8. The van der Waals surface area contributed by atoms with Gasteiger partial charge in [0.25, 0.3) is 0 Å². The van der Waals surface area contributed by atoms with Gasteiger partial charge >= 0.3 is 12.1 Å². The van der Waals surface area contributed by atoms with Crippen molar-refractivity contribution in [3.05, 3.63) is 59.4 Å². The van der Waals surface area contributed by atoms with Gasteiger partial charge in [-0.3, -0.25) is 4.98 Å². The van der Waals surface area contributed by atoms with Gasteiger partial charge in [-0.15, -0.1) is 0 Å². The summed E-state index contributed by atoms with van der Waals surface area (Å²) >= 11 is 0. The third-order valence-corrected chi connectivity index (χ3v) is 8.00. The molecule has 0 amide bonds. The predicted octanol–water partition coefficient (Wildman–Crippen LogP) is 3.72. The molecule has 2 aliphatic heterocycles. The fourth-order valence-electron chi connectivity index (χ4n) is 4.20. The highest BCUT2D eigenvalue weighted by atomic mass is 32.2. The Morgan fingerprint density at radius 2 is 1.83 bits per heavy atom. The van der Waals surface area contributed by atoms with E-state index < -0.39 is 22.2 Å². The summed E-state index contributed by atoms with van der Waals surface area (Å²) in [6, 6.07) is 12.9. The Labute approximate surface area is 208 Å². The second-order valence-corrected chi connectivity index (χ2v) is 10.8. The van der Waals surface area contributed by atoms with E-state index in [1.165, 1.54) is 4.31 Å². The van der Waals surface area contributed by atoms with E-state index in [0.29, 0.717) is 43.7 Å². The number of alkyl halides is 3. The monoisotopic (exact) mass is 530 g/mol. The number of carboxylic acid groups (broad SMARTS) is 1. The van der Waals surface area contributed by atoms with Crippen LogP contribution in [0.2, 0.25) is 0 Å². The number of rotatable bonds is 7. The van der Waals surface area contributed by atoms with Crippen LogP contribution >= 0.6 is 0 Å². The zero-order valence-electron chi connectivity index (χ0n) is 20.0. The quantitative estimate of drug-likeness (QED) is 0.544. The molecule has 2 fully saturated rings. The lowest BCUT2D eigenvalue weighted by atomic mass is 9.80. The predicted molar refractivity (Wildman–Crippen MR) is 124 cm³/mol. The number of ether oxygens (including phenoxy) is 2. The van der Waals surface area contributed by atoms with Crippen molar-refractivity contribution in [3.63, 3.8) is 0 Å². The van der Waals surface area contributed by atoms with Crippen molar-refractivity contribution >= 4 is 16.0 Å². The summed E-state index contributed by atoms with van der Waals surface area (Å²) in [7, 11) is -3.46. The SMILES string of the molecule is Cc1ccc(S(=O)(=O)N2CC3(C2)OCCC3CCOCc2cccc(C)n2)cc1.O=C(O)C(F)(F)F. The molecule has 1 aromatic carbocycles. The van der Waals surface area contributed by atoms with E-state index in [0.717, 1.165) is 29.8 Å². The number of sulfonamides is 1. The van der Waals surface area contributed by atoms with Crippen molar-refractivity contribution in [2.75, 3.05) is 26.3 Å². The van der Waals surface area contributed by atoms with E-state index in [9.17, 15) is 21.6 Å². The number of benzene rings is 1. The molecule has 2 aliphatic rings. The Kier molecular flexibility index (Phi) is 8.75. The summed E-state index contributed by atoms with van der Waals surface area (Å²) in [4.78, 5) is 13.7. The Morgan fingerprint density at radius 1 is 1.19 bits per heavy atom. The van der Waals surface area contributed by atoms with Gasteiger partial charge in [0, 0.05) is 32.0 Å². The Hall–Kier alpha value is -2.54. The van der Waals surface area contributed by atoms with Crippen molar-refractivity contribution in [1.82, 2.24) is 9.29 Å². The fraction of sp³-hybridized carbons (Fsp3) is 0.500. The van der Waals surface area contributed by atoms with E-state index in [1.807, 2.05) is 44.2 Å². The van der Waals surface area contributed by atoms with Crippen molar-refractivity contribution in [2.24, 2.45) is 5.92 Å². The number of carboxylic acids is 1. The first-order valence-electron chi connectivity index (χ1n) is 11.3. The molecule has 2 aromatic rings. The maximum Gasteiger partial charge on any atom is 0.490 e. The molecule has 198 valence electrons. The molecule has 0 radical (unpaired) electrons. The molecular formula is C24H29F3N2O6S. The van der Waals surface area contributed by atoms with Crippen LogP contribution in [0, 0.1) is 19.8 Å². The minimum Gasteiger partial charge on any atom is -0.475 e. The number of halogens is 3. The molecule has 1 spiro atoms. The Balaban J connectivity index is 0.000000454. The van der Waals surface area contributed by atoms with Crippen LogP contribution in [0.25, 0.3) is 0 Å². The average Bonchev–Trinajstić information content (AvgIpc) is 3.20. The highest BCUT2D eigenvalue weighted by Crippen LogP contribution is 2.43. The third-order valence-electron chi connectivity index (χ3n) is 6.20. The maximum absolute atomic E-state index is 12.9. The minimum atomic E-state index is -5.08. The van der Waals surface area contributed by atoms with E-state index in [-0.39, 0.29) is 5.60 Å². The molecule has 4 rings (SSSR count). The molecule has 1 atom stereocenters. The molecule has 1 N–H and O–H groups in total. The average molecular weight is 531 g/mol. The molecule has 12 heteroatoms. The summed E-state index contributed by atoms with van der Waals surface area (Å²) in [5, 5.41) is 7.12. The highest BCUT2D eigenvalue weighted by Gasteiger charge is 2.56. The van der Waals surface area contributed by atoms with E-state index >= 15 is 0 Å². The van der Waals surface area contributed by atoms with Gasteiger partial charge in [0.1, 0.15) is 0 Å². The van der Waals surface area contributed by atoms with Gasteiger partial charge in [0.2, 0.25) is 10.0 Å². The van der Waals surface area contributed by atoms with Gasteiger partial charge in [0.15, 0.2) is 0 Å². The molecule has 0 bridgehead atoms. The van der Waals surface area contributed by atoms with Crippen LogP contribution in [0.15, 0.2) is 47.4 Å². The normalized spacial score (nSPS) is 19.4. The minimum absolute atomic E-state index is 0.317. The molecule has 8 nitrogen and oxygen atoms in total. The van der Waals surface area contributed by atoms with Crippen LogP contribution in [-0.2, 0) is 30.9 Å². The van der Waals surface area contributed by atoms with Crippen molar-refractivity contribution in [3.8, 4) is 0 Å². The molecule has 1 unspecified atom stereocenters. The van der Waals surface area contributed by atoms with E-state index in [4.69, 9.17) is 19.4 Å². The lowest BCUT2D eigenvalue weighted by Crippen LogP contribution is -2.65. The first-order valence-corrected chi connectivity index (χ1v) is 12.8. The van der Waals surface area contributed by atoms with E-state index in [1.54, 1.807) is 12.1 Å². The Morgan fingerprint density at radius 3 is 2.42 bits per heavy atom. The molecular weight excluding hydrogens is 501 g/mol. The summed E-state index contributed by atoms with van der Waals surface area (Å²) in [5.41, 5.74) is 2.60. The van der Waals surface area contributed by atoms with Crippen molar-refractivity contribution in [2.45, 2.75) is 50.0 Å². The zero-order valence-corrected chi connectivity index (χ0v) is 20.8. The zero-order chi connectivity index (χ0) is 26.6. The van der Waals surface area contributed by atoms with Gasteiger partial charge in [-0.1, -0.05) is 23.8 Å². The molecule has 0 aliphatic carbocycles. The van der Waals surface area contributed by atoms with Crippen LogP contribution in [0.5, 0.6) is 0 Å². The lowest BCUT2D eigenvalue weighted by Gasteiger charge is -2.49. The molecule has 1 aromatic heterocycles. The Bertz CT molecular complexity index is 1150. The second-order valence-electron chi connectivity index (χ2n) is 8.90. The molecule has 2 saturated heterocycles. The lowest BCUT2D eigenvalue weighted by molar-refractivity contribution is -0.192. The molecule has 36 heavy (non-hydrogen) atoms. The number of carbonyl (C=O) groups is 1. The smallest absolute Gasteiger partial charge is 0.475 e. The van der Waals surface area contributed by atoms with Crippen LogP contribution in [0.1, 0.15) is 29.8 Å². The standard InChI is InChI=1S/C22H28N2O4S.C2HF3O2/c1-17-6-8-21(9-7-17)29(25,26)24-15-22(16-24)19(11-13-28-22)10-12-27-14-20-5-3-4-18(2)23-20;3-2(4,5)1(6)7/h3-9,19H,10-16H2,1-2H3;(H,6,7). The van der Waals surface area contributed by atoms with Gasteiger partial charge in [-0.05, 0) is 56.9 Å². The summed E-state index contributed by atoms with van der Waals surface area (Å²) in [6.45, 7) is 6.56. The fourth-order valence-corrected chi connectivity index (χ4v) is 5.76. The number of aryl methyl sites for hydroxylation is 2. The van der Waals surface area contributed by atoms with Gasteiger partial charge < -0.3 is 14.6 Å². The van der Waals surface area contributed by atoms with Crippen LogP contribution in [0.3, 0.4) is 0 Å². The van der Waals surface area contributed by atoms with Crippen LogP contribution < -0.4 is 0 Å². The summed E-state index contributed by atoms with van der Waals surface area (Å²) in [5.74, 6) is -2.44. The number of hydrogen-bond donors (Lipinski definition) is 1. The molecule has 3 heterocycles.